The van der Waals surface area contributed by atoms with Crippen molar-refractivity contribution in [1.82, 2.24) is 14.9 Å². The maximum atomic E-state index is 12.8. The standard InChI is InChI=1S/C18H29N3O4S/c1-5-21(6-2)26(23,24)14-7-8-17(25-4)15(11-14)18(22)20-16-12-19-10-9-13(16)3/h7-8,11,13,16,19H,5-6,9-10,12H2,1-4H3,(H,20,22). The lowest BCUT2D eigenvalue weighted by molar-refractivity contribution is 0.0912. The van der Waals surface area contributed by atoms with Gasteiger partial charge < -0.3 is 15.4 Å². The molecule has 1 aliphatic heterocycles. The SMILES string of the molecule is CCN(CC)S(=O)(=O)c1ccc(OC)c(C(=O)NC2CNCCC2C)c1. The number of carbonyl (C=O) groups is 1. The quantitative estimate of drug-likeness (QED) is 0.744. The van der Waals surface area contributed by atoms with Crippen LogP contribution in [0.3, 0.4) is 0 Å². The van der Waals surface area contributed by atoms with Gasteiger partial charge in [-0.1, -0.05) is 20.8 Å². The molecule has 1 saturated heterocycles. The smallest absolute Gasteiger partial charge is 0.255 e. The molecule has 2 unspecified atom stereocenters. The van der Waals surface area contributed by atoms with E-state index in [9.17, 15) is 13.2 Å². The first-order valence-electron chi connectivity index (χ1n) is 9.04. The molecule has 2 N–H and O–H groups in total. The molecule has 26 heavy (non-hydrogen) atoms. The van der Waals surface area contributed by atoms with E-state index in [-0.39, 0.29) is 22.4 Å². The molecule has 0 bridgehead atoms. The van der Waals surface area contributed by atoms with Crippen LogP contribution in [0.15, 0.2) is 23.1 Å². The maximum Gasteiger partial charge on any atom is 0.255 e. The van der Waals surface area contributed by atoms with Gasteiger partial charge >= 0.3 is 0 Å². The molecule has 1 amide bonds. The minimum atomic E-state index is -3.64. The normalized spacial score (nSPS) is 20.8. The molecular formula is C18H29N3O4S. The molecule has 1 aliphatic rings. The Balaban J connectivity index is 2.33. The van der Waals surface area contributed by atoms with Crippen molar-refractivity contribution in [3.8, 4) is 5.75 Å². The molecule has 0 radical (unpaired) electrons. The van der Waals surface area contributed by atoms with Crippen molar-refractivity contribution in [2.45, 2.75) is 38.1 Å². The van der Waals surface area contributed by atoms with Gasteiger partial charge in [-0.3, -0.25) is 4.79 Å². The summed E-state index contributed by atoms with van der Waals surface area (Å²) in [6, 6.07) is 4.42. The molecule has 8 heteroatoms. The minimum Gasteiger partial charge on any atom is -0.496 e. The number of hydrogen-bond donors (Lipinski definition) is 2. The van der Waals surface area contributed by atoms with Crippen LogP contribution in [0.2, 0.25) is 0 Å². The molecule has 0 aromatic heterocycles. The molecule has 0 spiro atoms. The fourth-order valence-corrected chi connectivity index (χ4v) is 4.65. The summed E-state index contributed by atoms with van der Waals surface area (Å²) in [5, 5.41) is 6.27. The van der Waals surface area contributed by atoms with E-state index in [0.29, 0.717) is 31.3 Å². The second-order valence-electron chi connectivity index (χ2n) is 6.50. The predicted molar refractivity (Wildman–Crippen MR) is 101 cm³/mol. The summed E-state index contributed by atoms with van der Waals surface area (Å²) < 4.78 is 32.2. The maximum absolute atomic E-state index is 12.8. The van der Waals surface area contributed by atoms with Gasteiger partial charge in [0.1, 0.15) is 5.75 Å². The van der Waals surface area contributed by atoms with E-state index in [4.69, 9.17) is 4.74 Å². The van der Waals surface area contributed by atoms with Gasteiger partial charge in [0.05, 0.1) is 17.6 Å². The summed E-state index contributed by atoms with van der Waals surface area (Å²) >= 11 is 0. The predicted octanol–water partition coefficient (Wildman–Crippen LogP) is 1.45. The fraction of sp³-hybridized carbons (Fsp3) is 0.611. The van der Waals surface area contributed by atoms with Gasteiger partial charge in [0.2, 0.25) is 10.0 Å². The molecule has 0 aliphatic carbocycles. The van der Waals surface area contributed by atoms with E-state index in [1.165, 1.54) is 29.6 Å². The third-order valence-corrected chi connectivity index (χ3v) is 6.95. The Morgan fingerprint density at radius 2 is 2.04 bits per heavy atom. The highest BCUT2D eigenvalue weighted by molar-refractivity contribution is 7.89. The van der Waals surface area contributed by atoms with Gasteiger partial charge in [-0.05, 0) is 37.1 Å². The highest BCUT2D eigenvalue weighted by Gasteiger charge is 2.27. The Labute approximate surface area is 156 Å². The van der Waals surface area contributed by atoms with Crippen LogP contribution in [0.4, 0.5) is 0 Å². The third-order valence-electron chi connectivity index (χ3n) is 4.90. The summed E-state index contributed by atoms with van der Waals surface area (Å²) in [5.41, 5.74) is 0.235. The van der Waals surface area contributed by atoms with Crippen LogP contribution in [-0.4, -0.2) is 58.0 Å². The topological polar surface area (TPSA) is 87.7 Å². The van der Waals surface area contributed by atoms with Crippen LogP contribution >= 0.6 is 0 Å². The Kier molecular flexibility index (Phi) is 7.02. The zero-order chi connectivity index (χ0) is 19.3. The first-order chi connectivity index (χ1) is 12.3. The van der Waals surface area contributed by atoms with E-state index < -0.39 is 10.0 Å². The summed E-state index contributed by atoms with van der Waals surface area (Å²) in [4.78, 5) is 12.9. The van der Waals surface area contributed by atoms with Gasteiger partial charge in [-0.25, -0.2) is 8.42 Å². The largest absolute Gasteiger partial charge is 0.496 e. The Hall–Kier alpha value is -1.64. The van der Waals surface area contributed by atoms with E-state index in [2.05, 4.69) is 17.6 Å². The Morgan fingerprint density at radius 1 is 1.35 bits per heavy atom. The van der Waals surface area contributed by atoms with Gasteiger partial charge in [-0.2, -0.15) is 4.31 Å². The average molecular weight is 384 g/mol. The number of nitrogens with zero attached hydrogens (tertiary/aromatic N) is 1. The molecule has 0 saturated carbocycles. The number of hydrogen-bond acceptors (Lipinski definition) is 5. The van der Waals surface area contributed by atoms with Crippen molar-refractivity contribution < 1.29 is 17.9 Å². The molecule has 1 aromatic carbocycles. The molecular weight excluding hydrogens is 354 g/mol. The van der Waals surface area contributed by atoms with Crippen molar-refractivity contribution >= 4 is 15.9 Å². The van der Waals surface area contributed by atoms with Crippen LogP contribution in [0.5, 0.6) is 5.75 Å². The van der Waals surface area contributed by atoms with Crippen molar-refractivity contribution in [1.29, 1.82) is 0 Å². The van der Waals surface area contributed by atoms with Crippen molar-refractivity contribution in [2.75, 3.05) is 33.3 Å². The zero-order valence-electron chi connectivity index (χ0n) is 15.9. The summed E-state index contributed by atoms with van der Waals surface area (Å²) in [5.74, 6) is 0.394. The van der Waals surface area contributed by atoms with Crippen LogP contribution < -0.4 is 15.4 Å². The van der Waals surface area contributed by atoms with Crippen molar-refractivity contribution in [3.63, 3.8) is 0 Å². The first-order valence-corrected chi connectivity index (χ1v) is 10.5. The molecule has 7 nitrogen and oxygen atoms in total. The number of piperidine rings is 1. The average Bonchev–Trinajstić information content (AvgIpc) is 2.63. The van der Waals surface area contributed by atoms with E-state index in [1.54, 1.807) is 13.8 Å². The minimum absolute atomic E-state index is 0.00371. The number of rotatable bonds is 7. The van der Waals surface area contributed by atoms with Crippen molar-refractivity contribution in [3.05, 3.63) is 23.8 Å². The van der Waals surface area contributed by atoms with Gasteiger partial charge in [0.25, 0.3) is 5.91 Å². The second kappa shape index (κ2) is 8.83. The molecule has 2 rings (SSSR count). The lowest BCUT2D eigenvalue weighted by Gasteiger charge is -2.30. The fourth-order valence-electron chi connectivity index (χ4n) is 3.17. The number of ether oxygens (including phenoxy) is 1. The van der Waals surface area contributed by atoms with Crippen LogP contribution in [0.1, 0.15) is 37.6 Å². The molecule has 1 fully saturated rings. The highest BCUT2D eigenvalue weighted by Crippen LogP contribution is 2.25. The van der Waals surface area contributed by atoms with E-state index >= 15 is 0 Å². The molecule has 1 heterocycles. The molecule has 1 aromatic rings. The monoisotopic (exact) mass is 383 g/mol. The van der Waals surface area contributed by atoms with Crippen molar-refractivity contribution in [2.24, 2.45) is 5.92 Å². The first kappa shape index (κ1) is 20.7. The highest BCUT2D eigenvalue weighted by atomic mass is 32.2. The summed E-state index contributed by atoms with van der Waals surface area (Å²) in [7, 11) is -2.17. The summed E-state index contributed by atoms with van der Waals surface area (Å²) in [6.45, 7) is 8.06. The number of methoxy groups -OCH3 is 1. The lowest BCUT2D eigenvalue weighted by Crippen LogP contribution is -2.50. The third kappa shape index (κ3) is 4.36. The molecule has 2 atom stereocenters. The Bertz CT molecular complexity index is 732. The van der Waals surface area contributed by atoms with E-state index in [0.717, 1.165) is 13.0 Å². The summed E-state index contributed by atoms with van der Waals surface area (Å²) in [6.07, 6.45) is 0.985. The number of carbonyl (C=O) groups excluding carboxylic acids is 1. The van der Waals surface area contributed by atoms with Crippen LogP contribution in [-0.2, 0) is 10.0 Å². The van der Waals surface area contributed by atoms with Gasteiger partial charge in [0.15, 0.2) is 0 Å². The second-order valence-corrected chi connectivity index (χ2v) is 8.44. The lowest BCUT2D eigenvalue weighted by atomic mass is 9.94. The van der Waals surface area contributed by atoms with Gasteiger partial charge in [0, 0.05) is 25.7 Å². The number of benzene rings is 1. The van der Waals surface area contributed by atoms with Crippen LogP contribution in [0.25, 0.3) is 0 Å². The Morgan fingerprint density at radius 3 is 2.62 bits per heavy atom. The zero-order valence-corrected chi connectivity index (χ0v) is 16.7. The number of nitrogens with one attached hydrogen (secondary N) is 2. The van der Waals surface area contributed by atoms with Gasteiger partial charge in [-0.15, -0.1) is 0 Å². The van der Waals surface area contributed by atoms with Crippen LogP contribution in [0, 0.1) is 5.92 Å². The number of amides is 1. The molecule has 146 valence electrons. The number of sulfonamides is 1. The van der Waals surface area contributed by atoms with E-state index in [1.807, 2.05) is 0 Å².